The molecule has 7 nitrogen and oxygen atoms in total. The molecule has 1 aromatic rings. The predicted octanol–water partition coefficient (Wildman–Crippen LogP) is 2.35. The highest BCUT2D eigenvalue weighted by Crippen LogP contribution is 2.35. The molecule has 0 unspecified atom stereocenters. The lowest BCUT2D eigenvalue weighted by Gasteiger charge is -2.36. The van der Waals surface area contributed by atoms with Gasteiger partial charge in [0.15, 0.2) is 0 Å². The molecule has 8 heteroatoms. The quantitative estimate of drug-likeness (QED) is 0.718. The first-order valence-corrected chi connectivity index (χ1v) is 12.0. The van der Waals surface area contributed by atoms with Gasteiger partial charge in [0.1, 0.15) is 10.7 Å². The van der Waals surface area contributed by atoms with Crippen molar-refractivity contribution < 1.29 is 17.9 Å². The number of hydrogen-bond donors (Lipinski definition) is 0. The van der Waals surface area contributed by atoms with Crippen molar-refractivity contribution in [3.05, 3.63) is 40.5 Å². The van der Waals surface area contributed by atoms with Crippen LogP contribution in [0.4, 0.5) is 0 Å². The number of piperidine rings is 1. The minimum Gasteiger partial charge on any atom is -0.378 e. The van der Waals surface area contributed by atoms with Crippen LogP contribution in [0.25, 0.3) is 4.91 Å². The van der Waals surface area contributed by atoms with Crippen molar-refractivity contribution in [2.24, 2.45) is 10.3 Å². The maximum Gasteiger partial charge on any atom is 0.285 e. The molecular weight excluding hydrogens is 402 g/mol. The number of carbonyl (C=O) groups is 1. The van der Waals surface area contributed by atoms with E-state index >= 15 is 0 Å². The summed E-state index contributed by atoms with van der Waals surface area (Å²) in [6, 6.07) is 5.71. The van der Waals surface area contributed by atoms with E-state index in [-0.39, 0.29) is 11.8 Å². The molecule has 1 amide bonds. The molecule has 0 N–H and O–H groups in total. The number of benzene rings is 1. The van der Waals surface area contributed by atoms with Gasteiger partial charge in [-0.3, -0.25) is 4.79 Å². The van der Waals surface area contributed by atoms with E-state index in [1.54, 1.807) is 0 Å². The number of amides is 1. The van der Waals surface area contributed by atoms with Gasteiger partial charge >= 0.3 is 0 Å². The number of hydrogen-bond acceptors (Lipinski definition) is 5. The van der Waals surface area contributed by atoms with Crippen LogP contribution < -0.4 is 0 Å². The van der Waals surface area contributed by atoms with Crippen LogP contribution >= 0.6 is 0 Å². The zero-order chi connectivity index (χ0) is 21.5. The molecule has 0 radical (unpaired) electrons. The number of likely N-dealkylation sites (tertiary alicyclic amines) is 1. The Hall–Kier alpha value is -2.19. The highest BCUT2D eigenvalue weighted by molar-refractivity contribution is 8.00. The number of amidine groups is 1. The second-order valence-electron chi connectivity index (χ2n) is 8.34. The summed E-state index contributed by atoms with van der Waals surface area (Å²) in [5, 5.41) is 0. The predicted molar refractivity (Wildman–Crippen MR) is 117 cm³/mol. The Balaban J connectivity index is 1.50. The molecule has 3 aliphatic rings. The maximum absolute atomic E-state index is 12.9. The van der Waals surface area contributed by atoms with E-state index < -0.39 is 10.0 Å². The Morgan fingerprint density at radius 2 is 1.70 bits per heavy atom. The van der Waals surface area contributed by atoms with Gasteiger partial charge in [0.2, 0.25) is 5.91 Å². The molecule has 0 saturated carbocycles. The zero-order valence-corrected chi connectivity index (χ0v) is 18.7. The van der Waals surface area contributed by atoms with Gasteiger partial charge in [0.05, 0.1) is 13.2 Å². The van der Waals surface area contributed by atoms with Crippen molar-refractivity contribution in [1.29, 1.82) is 0 Å². The largest absolute Gasteiger partial charge is 0.378 e. The van der Waals surface area contributed by atoms with E-state index in [0.29, 0.717) is 74.1 Å². The molecule has 0 bridgehead atoms. The molecule has 30 heavy (non-hydrogen) atoms. The molecule has 4 rings (SSSR count). The Kier molecular flexibility index (Phi) is 5.72. The summed E-state index contributed by atoms with van der Waals surface area (Å²) in [6.07, 6.45) is 1.42. The zero-order valence-electron chi connectivity index (χ0n) is 17.8. The molecular formula is C22H29N3O4S. The third-order valence-corrected chi connectivity index (χ3v) is 7.85. The van der Waals surface area contributed by atoms with Gasteiger partial charge < -0.3 is 14.5 Å². The first kappa shape index (κ1) is 21.1. The maximum atomic E-state index is 12.9. The number of aryl methyl sites for hydroxylation is 2. The molecule has 0 atom stereocenters. The molecule has 162 valence electrons. The summed E-state index contributed by atoms with van der Waals surface area (Å²) in [5.74, 6) is 0.712. The van der Waals surface area contributed by atoms with Gasteiger partial charge in [-0.05, 0) is 50.3 Å². The second-order valence-corrected chi connectivity index (χ2v) is 9.88. The van der Waals surface area contributed by atoms with Gasteiger partial charge in [-0.25, -0.2) is 0 Å². The Morgan fingerprint density at radius 1 is 1.03 bits per heavy atom. The Labute approximate surface area is 178 Å². The highest BCUT2D eigenvalue weighted by Gasteiger charge is 2.36. The standard InChI is InChI=1S/C22H29N3O4S/c1-15-4-5-19(14-16(15)2)20-17(3)21(23-30(20,27)28)24-8-6-18(7-9-24)22(26)25-10-12-29-13-11-25/h4-5,14,18H,6-13H2,1-3H3. The topological polar surface area (TPSA) is 79.3 Å². The number of carbonyl (C=O) groups excluding carboxylic acids is 1. The third kappa shape index (κ3) is 3.90. The van der Waals surface area contributed by atoms with Crippen LogP contribution in [0.15, 0.2) is 28.2 Å². The minimum absolute atomic E-state index is 0.0125. The SMILES string of the molecule is CC1=C(c2ccc(C)c(C)c2)S(=O)(=O)N=C1N1CCC(C(=O)N2CCOCC2)CC1. The number of ether oxygens (including phenoxy) is 1. The number of rotatable bonds is 2. The average molecular weight is 432 g/mol. The van der Waals surface area contributed by atoms with Gasteiger partial charge in [0, 0.05) is 37.7 Å². The fourth-order valence-corrected chi connectivity index (χ4v) is 5.92. The Morgan fingerprint density at radius 3 is 2.33 bits per heavy atom. The van der Waals surface area contributed by atoms with Crippen LogP contribution in [0.1, 0.15) is 36.5 Å². The van der Waals surface area contributed by atoms with Crippen LogP contribution in [-0.2, 0) is 19.6 Å². The lowest BCUT2D eigenvalue weighted by molar-refractivity contribution is -0.140. The lowest BCUT2D eigenvalue weighted by Crippen LogP contribution is -2.47. The van der Waals surface area contributed by atoms with Crippen molar-refractivity contribution in [3.63, 3.8) is 0 Å². The van der Waals surface area contributed by atoms with Gasteiger partial charge in [-0.2, -0.15) is 8.42 Å². The van der Waals surface area contributed by atoms with E-state index in [1.807, 2.05) is 48.8 Å². The first-order valence-electron chi connectivity index (χ1n) is 10.5. The van der Waals surface area contributed by atoms with E-state index in [1.165, 1.54) is 0 Å². The minimum atomic E-state index is -3.73. The summed E-state index contributed by atoms with van der Waals surface area (Å²) in [4.78, 5) is 17.0. The molecule has 1 aromatic carbocycles. The van der Waals surface area contributed by atoms with E-state index in [4.69, 9.17) is 4.74 Å². The average Bonchev–Trinajstić information content (AvgIpc) is 2.99. The number of morpholine rings is 1. The van der Waals surface area contributed by atoms with E-state index in [0.717, 1.165) is 11.1 Å². The first-order chi connectivity index (χ1) is 14.3. The van der Waals surface area contributed by atoms with Crippen LogP contribution in [0.2, 0.25) is 0 Å². The molecule has 2 saturated heterocycles. The van der Waals surface area contributed by atoms with Crippen molar-refractivity contribution in [2.45, 2.75) is 33.6 Å². The summed E-state index contributed by atoms with van der Waals surface area (Å²) >= 11 is 0. The van der Waals surface area contributed by atoms with Crippen LogP contribution in [0, 0.1) is 19.8 Å². The normalized spacial score (nSPS) is 22.4. The molecule has 0 aromatic heterocycles. The van der Waals surface area contributed by atoms with Crippen molar-refractivity contribution >= 4 is 26.7 Å². The summed E-state index contributed by atoms with van der Waals surface area (Å²) < 4.78 is 35.2. The smallest absolute Gasteiger partial charge is 0.285 e. The van der Waals surface area contributed by atoms with Crippen molar-refractivity contribution in [2.75, 3.05) is 39.4 Å². The van der Waals surface area contributed by atoms with Crippen LogP contribution in [-0.4, -0.2) is 69.4 Å². The lowest BCUT2D eigenvalue weighted by atomic mass is 9.94. The Bertz CT molecular complexity index is 1010. The van der Waals surface area contributed by atoms with Gasteiger partial charge in [0.25, 0.3) is 10.0 Å². The van der Waals surface area contributed by atoms with E-state index in [9.17, 15) is 13.2 Å². The van der Waals surface area contributed by atoms with Crippen molar-refractivity contribution in [1.82, 2.24) is 9.80 Å². The van der Waals surface area contributed by atoms with E-state index in [2.05, 4.69) is 4.40 Å². The van der Waals surface area contributed by atoms with Crippen LogP contribution in [0.3, 0.4) is 0 Å². The highest BCUT2D eigenvalue weighted by atomic mass is 32.2. The van der Waals surface area contributed by atoms with Crippen molar-refractivity contribution in [3.8, 4) is 0 Å². The summed E-state index contributed by atoms with van der Waals surface area (Å²) in [5.41, 5.74) is 3.56. The molecule has 2 fully saturated rings. The fourth-order valence-electron chi connectivity index (χ4n) is 4.45. The summed E-state index contributed by atoms with van der Waals surface area (Å²) in [6.45, 7) is 9.60. The van der Waals surface area contributed by atoms with Gasteiger partial charge in [-0.15, -0.1) is 4.40 Å². The third-order valence-electron chi connectivity index (χ3n) is 6.38. The monoisotopic (exact) mass is 431 g/mol. The number of nitrogens with zero attached hydrogens (tertiary/aromatic N) is 3. The van der Waals surface area contributed by atoms with Crippen LogP contribution in [0.5, 0.6) is 0 Å². The number of sulfonamides is 1. The second kappa shape index (κ2) is 8.15. The molecule has 0 aliphatic carbocycles. The van der Waals surface area contributed by atoms with Gasteiger partial charge in [-0.1, -0.05) is 18.2 Å². The fraction of sp³-hybridized carbons (Fsp3) is 0.545. The molecule has 3 heterocycles. The summed E-state index contributed by atoms with van der Waals surface area (Å²) in [7, 11) is -3.73. The molecule has 0 spiro atoms. The molecule has 3 aliphatic heterocycles.